The Labute approximate surface area is 125 Å². The van der Waals surface area contributed by atoms with E-state index in [-0.39, 0.29) is 0 Å². The summed E-state index contributed by atoms with van der Waals surface area (Å²) in [4.78, 5) is 0. The van der Waals surface area contributed by atoms with Gasteiger partial charge in [0.05, 0.1) is 0 Å². The monoisotopic (exact) mass is 276 g/mol. The highest BCUT2D eigenvalue weighted by molar-refractivity contribution is 5.38. The molecule has 0 amide bonds. The number of benzene rings is 1. The molecule has 114 valence electrons. The number of phenolic OH excluding ortho intramolecular Hbond substituents is 1. The molecular weight excluding hydrogens is 244 g/mol. The second-order valence-corrected chi connectivity index (χ2v) is 6.00. The highest BCUT2D eigenvalue weighted by atomic mass is 16.3. The first-order valence-electron chi connectivity index (χ1n) is 8.53. The Morgan fingerprint density at radius 1 is 0.800 bits per heavy atom. The lowest BCUT2D eigenvalue weighted by atomic mass is 10.00. The molecular formula is C19H32O. The number of phenols is 1. The van der Waals surface area contributed by atoms with Crippen molar-refractivity contribution in [3.8, 4) is 5.75 Å². The number of aromatic hydroxyl groups is 1. The van der Waals surface area contributed by atoms with E-state index in [1.807, 2.05) is 6.07 Å². The van der Waals surface area contributed by atoms with Crippen LogP contribution in [0.4, 0.5) is 0 Å². The van der Waals surface area contributed by atoms with Crippen molar-refractivity contribution in [1.82, 2.24) is 0 Å². The molecule has 1 rings (SSSR count). The van der Waals surface area contributed by atoms with Crippen LogP contribution in [0.15, 0.2) is 18.2 Å². The maximum Gasteiger partial charge on any atom is 0.119 e. The smallest absolute Gasteiger partial charge is 0.119 e. The van der Waals surface area contributed by atoms with E-state index in [0.717, 1.165) is 12.0 Å². The Balaban J connectivity index is 2.00. The topological polar surface area (TPSA) is 20.2 Å². The lowest BCUT2D eigenvalue weighted by Crippen LogP contribution is -1.91. The third kappa shape index (κ3) is 6.98. The van der Waals surface area contributed by atoms with Crippen LogP contribution < -0.4 is 0 Å². The van der Waals surface area contributed by atoms with Gasteiger partial charge < -0.3 is 5.11 Å². The number of rotatable bonds is 11. The van der Waals surface area contributed by atoms with Gasteiger partial charge in [0.1, 0.15) is 5.75 Å². The summed E-state index contributed by atoms with van der Waals surface area (Å²) in [6.07, 6.45) is 14.6. The second kappa shape index (κ2) is 10.8. The molecule has 0 radical (unpaired) electrons. The van der Waals surface area contributed by atoms with Crippen molar-refractivity contribution in [2.24, 2.45) is 0 Å². The number of hydrogen-bond acceptors (Lipinski definition) is 1. The predicted molar refractivity (Wildman–Crippen MR) is 88.4 cm³/mol. The number of aryl methyl sites for hydroxylation is 1. The maximum atomic E-state index is 9.83. The molecule has 0 aliphatic rings. The van der Waals surface area contributed by atoms with Crippen molar-refractivity contribution in [2.75, 3.05) is 0 Å². The third-order valence-corrected chi connectivity index (χ3v) is 4.17. The molecule has 0 spiro atoms. The standard InChI is InChI=1S/C19H32O/c1-3-4-5-6-7-8-9-10-11-12-15-18-17(2)14-13-16-19(18)20/h13-14,16,20H,3-12,15H2,1-2H3. The fraction of sp³-hybridized carbons (Fsp3) is 0.684. The van der Waals surface area contributed by atoms with E-state index in [2.05, 4.69) is 19.9 Å². The normalized spacial score (nSPS) is 10.9. The molecule has 20 heavy (non-hydrogen) atoms. The zero-order chi connectivity index (χ0) is 14.6. The van der Waals surface area contributed by atoms with Crippen LogP contribution in [0.2, 0.25) is 0 Å². The molecule has 1 heteroatoms. The van der Waals surface area contributed by atoms with Crippen LogP contribution >= 0.6 is 0 Å². The van der Waals surface area contributed by atoms with Crippen molar-refractivity contribution in [3.05, 3.63) is 29.3 Å². The largest absolute Gasteiger partial charge is 0.508 e. The van der Waals surface area contributed by atoms with Crippen LogP contribution in [-0.4, -0.2) is 5.11 Å². The number of hydrogen-bond donors (Lipinski definition) is 1. The lowest BCUT2D eigenvalue weighted by molar-refractivity contribution is 0.465. The van der Waals surface area contributed by atoms with Gasteiger partial charge in [-0.15, -0.1) is 0 Å². The van der Waals surface area contributed by atoms with E-state index in [9.17, 15) is 5.11 Å². The van der Waals surface area contributed by atoms with Gasteiger partial charge in [0.2, 0.25) is 0 Å². The van der Waals surface area contributed by atoms with Gasteiger partial charge in [0, 0.05) is 0 Å². The van der Waals surface area contributed by atoms with Gasteiger partial charge in [0.15, 0.2) is 0 Å². The Kier molecular flexibility index (Phi) is 9.19. The van der Waals surface area contributed by atoms with Crippen molar-refractivity contribution in [3.63, 3.8) is 0 Å². The summed E-state index contributed by atoms with van der Waals surface area (Å²) in [5.41, 5.74) is 2.37. The summed E-state index contributed by atoms with van der Waals surface area (Å²) in [7, 11) is 0. The summed E-state index contributed by atoms with van der Waals surface area (Å²) >= 11 is 0. The SMILES string of the molecule is CCCCCCCCCCCCc1c(C)cccc1O. The van der Waals surface area contributed by atoms with E-state index in [1.165, 1.54) is 69.8 Å². The summed E-state index contributed by atoms with van der Waals surface area (Å²) in [6.45, 7) is 4.36. The molecule has 1 nitrogen and oxygen atoms in total. The molecule has 1 N–H and O–H groups in total. The molecule has 0 atom stereocenters. The van der Waals surface area contributed by atoms with Crippen molar-refractivity contribution >= 4 is 0 Å². The van der Waals surface area contributed by atoms with Gasteiger partial charge >= 0.3 is 0 Å². The maximum absolute atomic E-state index is 9.83. The van der Waals surface area contributed by atoms with Crippen LogP contribution in [0.5, 0.6) is 5.75 Å². The molecule has 1 aromatic carbocycles. The van der Waals surface area contributed by atoms with E-state index in [1.54, 1.807) is 6.07 Å². The minimum absolute atomic E-state index is 0.473. The Morgan fingerprint density at radius 2 is 1.35 bits per heavy atom. The summed E-state index contributed by atoms with van der Waals surface area (Å²) in [5, 5.41) is 9.83. The van der Waals surface area contributed by atoms with E-state index in [0.29, 0.717) is 5.75 Å². The molecule has 0 saturated heterocycles. The third-order valence-electron chi connectivity index (χ3n) is 4.17. The minimum atomic E-state index is 0.473. The Hall–Kier alpha value is -0.980. The van der Waals surface area contributed by atoms with Crippen LogP contribution in [0.1, 0.15) is 82.3 Å². The number of unbranched alkanes of at least 4 members (excludes halogenated alkanes) is 9. The van der Waals surface area contributed by atoms with Gasteiger partial charge in [-0.05, 0) is 37.0 Å². The highest BCUT2D eigenvalue weighted by Gasteiger charge is 2.03. The molecule has 0 fully saturated rings. The van der Waals surface area contributed by atoms with Gasteiger partial charge in [-0.3, -0.25) is 0 Å². The average molecular weight is 276 g/mol. The van der Waals surface area contributed by atoms with E-state index >= 15 is 0 Å². The average Bonchev–Trinajstić information content (AvgIpc) is 2.43. The van der Waals surface area contributed by atoms with Gasteiger partial charge in [-0.1, -0.05) is 76.8 Å². The van der Waals surface area contributed by atoms with Crippen LogP contribution in [-0.2, 0) is 6.42 Å². The summed E-state index contributed by atoms with van der Waals surface area (Å²) < 4.78 is 0. The minimum Gasteiger partial charge on any atom is -0.508 e. The summed E-state index contributed by atoms with van der Waals surface area (Å²) in [5.74, 6) is 0.473. The summed E-state index contributed by atoms with van der Waals surface area (Å²) in [6, 6.07) is 5.82. The molecule has 1 aromatic rings. The van der Waals surface area contributed by atoms with Crippen molar-refractivity contribution in [1.29, 1.82) is 0 Å². The highest BCUT2D eigenvalue weighted by Crippen LogP contribution is 2.23. The Morgan fingerprint density at radius 3 is 1.90 bits per heavy atom. The second-order valence-electron chi connectivity index (χ2n) is 6.00. The molecule has 0 aliphatic heterocycles. The molecule has 0 heterocycles. The van der Waals surface area contributed by atoms with E-state index in [4.69, 9.17) is 0 Å². The Bertz CT molecular complexity index is 337. The first kappa shape index (κ1) is 17.1. The van der Waals surface area contributed by atoms with Gasteiger partial charge in [-0.25, -0.2) is 0 Å². The fourth-order valence-corrected chi connectivity index (χ4v) is 2.80. The zero-order valence-corrected chi connectivity index (χ0v) is 13.5. The molecule has 0 aliphatic carbocycles. The zero-order valence-electron chi connectivity index (χ0n) is 13.5. The van der Waals surface area contributed by atoms with Crippen LogP contribution in [0.3, 0.4) is 0 Å². The predicted octanol–water partition coefficient (Wildman–Crippen LogP) is 6.16. The quantitative estimate of drug-likeness (QED) is 0.479. The van der Waals surface area contributed by atoms with E-state index < -0.39 is 0 Å². The lowest BCUT2D eigenvalue weighted by Gasteiger charge is -2.08. The van der Waals surface area contributed by atoms with Gasteiger partial charge in [-0.2, -0.15) is 0 Å². The molecule has 0 saturated carbocycles. The molecule has 0 aromatic heterocycles. The van der Waals surface area contributed by atoms with Gasteiger partial charge in [0.25, 0.3) is 0 Å². The first-order valence-corrected chi connectivity index (χ1v) is 8.53. The van der Waals surface area contributed by atoms with Crippen LogP contribution in [0, 0.1) is 6.92 Å². The van der Waals surface area contributed by atoms with Crippen molar-refractivity contribution in [2.45, 2.75) is 84.5 Å². The first-order chi connectivity index (χ1) is 9.75. The molecule has 0 bridgehead atoms. The molecule has 0 unspecified atom stereocenters. The fourth-order valence-electron chi connectivity index (χ4n) is 2.80. The van der Waals surface area contributed by atoms with Crippen molar-refractivity contribution < 1.29 is 5.11 Å². The van der Waals surface area contributed by atoms with Crippen LogP contribution in [0.25, 0.3) is 0 Å².